The summed E-state index contributed by atoms with van der Waals surface area (Å²) in [5.41, 5.74) is 0.241. The van der Waals surface area contributed by atoms with E-state index < -0.39 is 11.6 Å². The van der Waals surface area contributed by atoms with Crippen LogP contribution >= 0.6 is 0 Å². The van der Waals surface area contributed by atoms with Crippen LogP contribution in [0, 0.1) is 0 Å². The SMILES string of the molecule is CC(C)N1C(=O)C(c2ccccc2)NC(=O)C12CCCC2. The Morgan fingerprint density at radius 2 is 1.76 bits per heavy atom. The average Bonchev–Trinajstić information content (AvgIpc) is 2.94. The highest BCUT2D eigenvalue weighted by Gasteiger charge is 2.54. The van der Waals surface area contributed by atoms with E-state index in [2.05, 4.69) is 5.32 Å². The standard InChI is InChI=1S/C17H22N2O2/c1-12(2)19-15(20)14(13-8-4-3-5-9-13)18-16(21)17(19)10-6-7-11-17/h3-5,8-9,12,14H,6-7,10-11H2,1-2H3,(H,18,21). The number of nitrogens with one attached hydrogen (secondary N) is 1. The highest BCUT2D eigenvalue weighted by atomic mass is 16.2. The van der Waals surface area contributed by atoms with Crippen molar-refractivity contribution < 1.29 is 9.59 Å². The molecule has 21 heavy (non-hydrogen) atoms. The fraction of sp³-hybridized carbons (Fsp3) is 0.529. The Labute approximate surface area is 125 Å². The van der Waals surface area contributed by atoms with Gasteiger partial charge in [-0.2, -0.15) is 0 Å². The van der Waals surface area contributed by atoms with Crippen molar-refractivity contribution >= 4 is 11.8 Å². The molecule has 1 saturated heterocycles. The monoisotopic (exact) mass is 286 g/mol. The first-order valence-electron chi connectivity index (χ1n) is 7.75. The second kappa shape index (κ2) is 5.17. The number of carbonyl (C=O) groups excluding carboxylic acids is 2. The number of carbonyl (C=O) groups is 2. The first-order valence-corrected chi connectivity index (χ1v) is 7.75. The summed E-state index contributed by atoms with van der Waals surface area (Å²) < 4.78 is 0. The lowest BCUT2D eigenvalue weighted by atomic mass is 9.86. The molecule has 0 radical (unpaired) electrons. The minimum Gasteiger partial charge on any atom is -0.338 e. The molecule has 2 amide bonds. The van der Waals surface area contributed by atoms with Gasteiger partial charge in [-0.25, -0.2) is 0 Å². The Balaban J connectivity index is 2.00. The highest BCUT2D eigenvalue weighted by molar-refractivity contribution is 6.00. The zero-order valence-corrected chi connectivity index (χ0v) is 12.6. The molecule has 2 fully saturated rings. The molecule has 1 heterocycles. The third-order valence-corrected chi connectivity index (χ3v) is 4.72. The van der Waals surface area contributed by atoms with Crippen LogP contribution in [0.3, 0.4) is 0 Å². The number of hydrogen-bond donors (Lipinski definition) is 1. The van der Waals surface area contributed by atoms with Crippen molar-refractivity contribution in [1.82, 2.24) is 10.2 Å². The first kappa shape index (κ1) is 14.1. The molecule has 1 aliphatic heterocycles. The maximum absolute atomic E-state index is 13.0. The summed E-state index contributed by atoms with van der Waals surface area (Å²) in [6.07, 6.45) is 3.59. The third-order valence-electron chi connectivity index (χ3n) is 4.72. The Kier molecular flexibility index (Phi) is 3.47. The normalized spacial score (nSPS) is 24.7. The van der Waals surface area contributed by atoms with Crippen LogP contribution in [-0.4, -0.2) is 28.3 Å². The van der Waals surface area contributed by atoms with Crippen molar-refractivity contribution in [2.75, 3.05) is 0 Å². The molecule has 0 bridgehead atoms. The first-order chi connectivity index (χ1) is 10.1. The lowest BCUT2D eigenvalue weighted by Crippen LogP contribution is -2.68. The molecule has 2 aliphatic rings. The fourth-order valence-electron chi connectivity index (χ4n) is 3.83. The predicted octanol–water partition coefficient (Wildman–Crippen LogP) is 2.41. The molecule has 1 spiro atoms. The summed E-state index contributed by atoms with van der Waals surface area (Å²) in [4.78, 5) is 27.6. The van der Waals surface area contributed by atoms with Crippen molar-refractivity contribution in [1.29, 1.82) is 0 Å². The van der Waals surface area contributed by atoms with Crippen LogP contribution in [0.2, 0.25) is 0 Å². The van der Waals surface area contributed by atoms with Crippen LogP contribution in [-0.2, 0) is 9.59 Å². The Morgan fingerprint density at radius 1 is 1.14 bits per heavy atom. The quantitative estimate of drug-likeness (QED) is 0.907. The summed E-state index contributed by atoms with van der Waals surface area (Å²) in [6, 6.07) is 8.99. The summed E-state index contributed by atoms with van der Waals surface area (Å²) in [6.45, 7) is 4.00. The number of rotatable bonds is 2. The van der Waals surface area contributed by atoms with E-state index >= 15 is 0 Å². The lowest BCUT2D eigenvalue weighted by Gasteiger charge is -2.48. The zero-order valence-electron chi connectivity index (χ0n) is 12.6. The number of benzene rings is 1. The van der Waals surface area contributed by atoms with Gasteiger partial charge in [-0.3, -0.25) is 9.59 Å². The van der Waals surface area contributed by atoms with Gasteiger partial charge < -0.3 is 10.2 Å². The van der Waals surface area contributed by atoms with Crippen LogP contribution in [0.1, 0.15) is 51.1 Å². The second-order valence-electron chi connectivity index (χ2n) is 6.36. The highest BCUT2D eigenvalue weighted by Crippen LogP contribution is 2.41. The molecule has 112 valence electrons. The molecular formula is C17H22N2O2. The van der Waals surface area contributed by atoms with Crippen molar-refractivity contribution in [3.63, 3.8) is 0 Å². The Bertz CT molecular complexity index is 547. The van der Waals surface area contributed by atoms with Gasteiger partial charge >= 0.3 is 0 Å². The molecule has 1 atom stereocenters. The van der Waals surface area contributed by atoms with Crippen molar-refractivity contribution in [2.24, 2.45) is 0 Å². The molecule has 4 heteroatoms. The molecule has 1 saturated carbocycles. The van der Waals surface area contributed by atoms with Gasteiger partial charge in [0, 0.05) is 6.04 Å². The van der Waals surface area contributed by atoms with E-state index in [1.54, 1.807) is 0 Å². The molecule has 1 N–H and O–H groups in total. The molecule has 1 aliphatic carbocycles. The molecule has 0 aromatic heterocycles. The third kappa shape index (κ3) is 2.13. The summed E-state index contributed by atoms with van der Waals surface area (Å²) in [7, 11) is 0. The van der Waals surface area contributed by atoms with Crippen molar-refractivity contribution in [3.05, 3.63) is 35.9 Å². The van der Waals surface area contributed by atoms with Gasteiger partial charge in [-0.05, 0) is 32.3 Å². The van der Waals surface area contributed by atoms with Gasteiger partial charge in [0.05, 0.1) is 0 Å². The molecule has 1 aromatic rings. The van der Waals surface area contributed by atoms with Gasteiger partial charge in [0.25, 0.3) is 5.91 Å². The van der Waals surface area contributed by atoms with Gasteiger partial charge in [0.1, 0.15) is 11.6 Å². The summed E-state index contributed by atoms with van der Waals surface area (Å²) >= 11 is 0. The van der Waals surface area contributed by atoms with Gasteiger partial charge in [-0.1, -0.05) is 43.2 Å². The molecule has 3 rings (SSSR count). The second-order valence-corrected chi connectivity index (χ2v) is 6.36. The minimum absolute atomic E-state index is 0.0159. The van der Waals surface area contributed by atoms with Crippen LogP contribution in [0.4, 0.5) is 0 Å². The Hall–Kier alpha value is -1.84. The molecule has 4 nitrogen and oxygen atoms in total. The van der Waals surface area contributed by atoms with Crippen LogP contribution in [0.25, 0.3) is 0 Å². The smallest absolute Gasteiger partial charge is 0.250 e. The van der Waals surface area contributed by atoms with Crippen LogP contribution in [0.5, 0.6) is 0 Å². The van der Waals surface area contributed by atoms with E-state index in [-0.39, 0.29) is 17.9 Å². The average molecular weight is 286 g/mol. The van der Waals surface area contributed by atoms with Gasteiger partial charge in [0.2, 0.25) is 5.91 Å². The molecular weight excluding hydrogens is 264 g/mol. The van der Waals surface area contributed by atoms with E-state index in [1.807, 2.05) is 49.1 Å². The van der Waals surface area contributed by atoms with E-state index in [9.17, 15) is 9.59 Å². The van der Waals surface area contributed by atoms with Gasteiger partial charge in [-0.15, -0.1) is 0 Å². The lowest BCUT2D eigenvalue weighted by molar-refractivity contribution is -0.160. The summed E-state index contributed by atoms with van der Waals surface area (Å²) in [5.74, 6) is 0.0415. The topological polar surface area (TPSA) is 49.4 Å². The molecule has 1 unspecified atom stereocenters. The minimum atomic E-state index is -0.615. The number of hydrogen-bond acceptors (Lipinski definition) is 2. The maximum Gasteiger partial charge on any atom is 0.250 e. The van der Waals surface area contributed by atoms with E-state index in [0.29, 0.717) is 0 Å². The molecule has 1 aromatic carbocycles. The largest absolute Gasteiger partial charge is 0.338 e. The van der Waals surface area contributed by atoms with Crippen LogP contribution in [0.15, 0.2) is 30.3 Å². The summed E-state index contributed by atoms with van der Waals surface area (Å²) in [5, 5.41) is 2.97. The fourth-order valence-corrected chi connectivity index (χ4v) is 3.83. The Morgan fingerprint density at radius 3 is 2.33 bits per heavy atom. The number of amides is 2. The van der Waals surface area contributed by atoms with Crippen molar-refractivity contribution in [3.8, 4) is 0 Å². The van der Waals surface area contributed by atoms with E-state index in [4.69, 9.17) is 0 Å². The van der Waals surface area contributed by atoms with E-state index in [1.165, 1.54) is 0 Å². The number of piperazine rings is 1. The van der Waals surface area contributed by atoms with Crippen LogP contribution < -0.4 is 5.32 Å². The number of nitrogens with zero attached hydrogens (tertiary/aromatic N) is 1. The van der Waals surface area contributed by atoms with Crippen molar-refractivity contribution in [2.45, 2.75) is 57.2 Å². The van der Waals surface area contributed by atoms with E-state index in [0.717, 1.165) is 31.2 Å². The zero-order chi connectivity index (χ0) is 15.0. The van der Waals surface area contributed by atoms with Gasteiger partial charge in [0.15, 0.2) is 0 Å². The predicted molar refractivity (Wildman–Crippen MR) is 80.5 cm³/mol. The maximum atomic E-state index is 13.0.